The highest BCUT2D eigenvalue weighted by molar-refractivity contribution is 7.89. The lowest BCUT2D eigenvalue weighted by Gasteiger charge is -2.27. The first kappa shape index (κ1) is 16.5. The third-order valence-electron chi connectivity index (χ3n) is 4.24. The van der Waals surface area contributed by atoms with E-state index in [1.807, 2.05) is 32.2 Å². The summed E-state index contributed by atoms with van der Waals surface area (Å²) in [7, 11) is -1.53. The number of hydrogen-bond acceptors (Lipinski definition) is 3. The molecule has 1 unspecified atom stereocenters. The fraction of sp³-hybridized carbons (Fsp3) is 0.625. The molecule has 1 aliphatic heterocycles. The van der Waals surface area contributed by atoms with Crippen LogP contribution in [0.15, 0.2) is 23.1 Å². The summed E-state index contributed by atoms with van der Waals surface area (Å²) in [5, 5.41) is 3.07. The summed E-state index contributed by atoms with van der Waals surface area (Å²) in [5.41, 5.74) is 1.83. The molecule has 4 nitrogen and oxygen atoms in total. The van der Waals surface area contributed by atoms with Gasteiger partial charge in [-0.1, -0.05) is 26.0 Å². The van der Waals surface area contributed by atoms with Crippen molar-refractivity contribution in [2.45, 2.75) is 51.1 Å². The lowest BCUT2D eigenvalue weighted by atomic mass is 10.0. The maximum Gasteiger partial charge on any atom is 0.243 e. The number of rotatable bonds is 5. The Morgan fingerprint density at radius 3 is 2.71 bits per heavy atom. The quantitative estimate of drug-likeness (QED) is 0.909. The van der Waals surface area contributed by atoms with E-state index in [9.17, 15) is 8.42 Å². The number of benzene rings is 1. The van der Waals surface area contributed by atoms with E-state index in [-0.39, 0.29) is 6.04 Å². The smallest absolute Gasteiger partial charge is 0.243 e. The van der Waals surface area contributed by atoms with Crippen molar-refractivity contribution in [3.8, 4) is 0 Å². The Morgan fingerprint density at radius 2 is 2.10 bits per heavy atom. The van der Waals surface area contributed by atoms with Crippen LogP contribution in [0.2, 0.25) is 0 Å². The Balaban J connectivity index is 2.41. The molecule has 2 rings (SSSR count). The summed E-state index contributed by atoms with van der Waals surface area (Å²) in [6.07, 6.45) is 1.92. The van der Waals surface area contributed by atoms with Gasteiger partial charge in [-0.25, -0.2) is 8.42 Å². The van der Waals surface area contributed by atoms with Gasteiger partial charge in [-0.15, -0.1) is 0 Å². The molecule has 1 N–H and O–H groups in total. The van der Waals surface area contributed by atoms with Gasteiger partial charge in [0.1, 0.15) is 0 Å². The van der Waals surface area contributed by atoms with Crippen molar-refractivity contribution in [3.63, 3.8) is 0 Å². The van der Waals surface area contributed by atoms with Crippen molar-refractivity contribution in [1.82, 2.24) is 9.62 Å². The molecular weight excluding hydrogens is 284 g/mol. The van der Waals surface area contributed by atoms with Crippen molar-refractivity contribution >= 4 is 10.0 Å². The number of nitrogens with zero attached hydrogens (tertiary/aromatic N) is 1. The van der Waals surface area contributed by atoms with Crippen LogP contribution >= 0.6 is 0 Å². The van der Waals surface area contributed by atoms with Gasteiger partial charge < -0.3 is 5.32 Å². The molecule has 1 fully saturated rings. The van der Waals surface area contributed by atoms with Gasteiger partial charge in [-0.3, -0.25) is 0 Å². The molecule has 1 aromatic rings. The molecule has 1 aliphatic rings. The summed E-state index contributed by atoms with van der Waals surface area (Å²) in [6, 6.07) is 5.83. The summed E-state index contributed by atoms with van der Waals surface area (Å²) in [6.45, 7) is 7.39. The first-order valence-electron chi connectivity index (χ1n) is 7.64. The highest BCUT2D eigenvalue weighted by atomic mass is 32.2. The van der Waals surface area contributed by atoms with Gasteiger partial charge in [-0.05, 0) is 49.9 Å². The van der Waals surface area contributed by atoms with Crippen LogP contribution in [0.4, 0.5) is 0 Å². The molecule has 0 spiro atoms. The molecule has 1 heterocycles. The predicted octanol–water partition coefficient (Wildman–Crippen LogP) is 2.52. The molecule has 0 amide bonds. The topological polar surface area (TPSA) is 49.4 Å². The van der Waals surface area contributed by atoms with E-state index < -0.39 is 10.0 Å². The van der Waals surface area contributed by atoms with Crippen molar-refractivity contribution in [1.29, 1.82) is 0 Å². The number of aryl methyl sites for hydroxylation is 1. The minimum atomic E-state index is -3.40. The molecule has 1 aromatic carbocycles. The van der Waals surface area contributed by atoms with E-state index in [0.717, 1.165) is 24.0 Å². The zero-order valence-corrected chi connectivity index (χ0v) is 14.2. The Bertz CT molecular complexity index is 596. The average molecular weight is 310 g/mol. The number of sulfonamides is 1. The van der Waals surface area contributed by atoms with Crippen LogP contribution < -0.4 is 5.32 Å². The molecular formula is C16H26N2O2S. The van der Waals surface area contributed by atoms with Gasteiger partial charge in [0.15, 0.2) is 0 Å². The van der Waals surface area contributed by atoms with Gasteiger partial charge in [0.05, 0.1) is 4.90 Å². The van der Waals surface area contributed by atoms with Crippen molar-refractivity contribution in [2.75, 3.05) is 13.6 Å². The van der Waals surface area contributed by atoms with Gasteiger partial charge in [0.2, 0.25) is 10.0 Å². The van der Waals surface area contributed by atoms with Gasteiger partial charge in [0.25, 0.3) is 0 Å². The molecule has 0 aliphatic carbocycles. The summed E-state index contributed by atoms with van der Waals surface area (Å²) in [4.78, 5) is 0.461. The molecule has 0 radical (unpaired) electrons. The summed E-state index contributed by atoms with van der Waals surface area (Å²) in [5.74, 6) is 0.350. The zero-order chi connectivity index (χ0) is 15.6. The number of nitrogens with one attached hydrogen (secondary N) is 1. The minimum Gasteiger partial charge on any atom is -0.316 e. The molecule has 0 saturated carbocycles. The van der Waals surface area contributed by atoms with Gasteiger partial charge in [-0.2, -0.15) is 4.31 Å². The SMILES string of the molecule is CNCc1ccc(C)c(S(=O)(=O)N2CCCC2C(C)C)c1. The third-order valence-corrected chi connectivity index (χ3v) is 6.30. The van der Waals surface area contributed by atoms with E-state index in [0.29, 0.717) is 23.9 Å². The van der Waals surface area contributed by atoms with E-state index in [4.69, 9.17) is 0 Å². The van der Waals surface area contributed by atoms with Crippen LogP contribution in [0.25, 0.3) is 0 Å². The monoisotopic (exact) mass is 310 g/mol. The first-order chi connectivity index (χ1) is 9.87. The van der Waals surface area contributed by atoms with E-state index in [1.165, 1.54) is 0 Å². The van der Waals surface area contributed by atoms with Crippen molar-refractivity contribution in [2.24, 2.45) is 5.92 Å². The molecule has 0 aromatic heterocycles. The Morgan fingerprint density at radius 1 is 1.38 bits per heavy atom. The van der Waals surface area contributed by atoms with Crippen LogP contribution in [0.5, 0.6) is 0 Å². The predicted molar refractivity (Wildman–Crippen MR) is 85.7 cm³/mol. The van der Waals surface area contributed by atoms with Gasteiger partial charge >= 0.3 is 0 Å². The highest BCUT2D eigenvalue weighted by Gasteiger charge is 2.37. The zero-order valence-electron chi connectivity index (χ0n) is 13.4. The van der Waals surface area contributed by atoms with E-state index in [2.05, 4.69) is 19.2 Å². The second kappa shape index (κ2) is 6.46. The largest absolute Gasteiger partial charge is 0.316 e. The highest BCUT2D eigenvalue weighted by Crippen LogP contribution is 2.31. The van der Waals surface area contributed by atoms with Crippen LogP contribution in [0.1, 0.15) is 37.8 Å². The van der Waals surface area contributed by atoms with Crippen molar-refractivity contribution in [3.05, 3.63) is 29.3 Å². The normalized spacial score (nSPS) is 20.3. The second-order valence-electron chi connectivity index (χ2n) is 6.20. The molecule has 1 atom stereocenters. The third kappa shape index (κ3) is 3.30. The molecule has 5 heteroatoms. The Labute approximate surface area is 128 Å². The van der Waals surface area contributed by atoms with Crippen LogP contribution in [-0.4, -0.2) is 32.4 Å². The number of hydrogen-bond donors (Lipinski definition) is 1. The van der Waals surface area contributed by atoms with Crippen LogP contribution in [0, 0.1) is 12.8 Å². The maximum atomic E-state index is 13.0. The Kier molecular flexibility index (Phi) is 5.07. The van der Waals surface area contributed by atoms with E-state index in [1.54, 1.807) is 4.31 Å². The fourth-order valence-electron chi connectivity index (χ4n) is 3.09. The lowest BCUT2D eigenvalue weighted by Crippen LogP contribution is -2.38. The van der Waals surface area contributed by atoms with Crippen molar-refractivity contribution < 1.29 is 8.42 Å². The minimum absolute atomic E-state index is 0.127. The molecule has 0 bridgehead atoms. The average Bonchev–Trinajstić information content (AvgIpc) is 2.91. The molecule has 21 heavy (non-hydrogen) atoms. The standard InChI is InChI=1S/C16H26N2O2S/c1-12(2)15-6-5-9-18(15)21(19,20)16-10-14(11-17-4)8-7-13(16)3/h7-8,10,12,15,17H,5-6,9,11H2,1-4H3. The lowest BCUT2D eigenvalue weighted by molar-refractivity contribution is 0.315. The van der Waals surface area contributed by atoms with Crippen LogP contribution in [-0.2, 0) is 16.6 Å². The molecule has 1 saturated heterocycles. The van der Waals surface area contributed by atoms with Crippen LogP contribution in [0.3, 0.4) is 0 Å². The summed E-state index contributed by atoms with van der Waals surface area (Å²) >= 11 is 0. The van der Waals surface area contributed by atoms with Gasteiger partial charge in [0, 0.05) is 19.1 Å². The molecule has 118 valence electrons. The maximum absolute atomic E-state index is 13.0. The fourth-order valence-corrected chi connectivity index (χ4v) is 5.20. The first-order valence-corrected chi connectivity index (χ1v) is 9.08. The Hall–Kier alpha value is -0.910. The van der Waals surface area contributed by atoms with E-state index >= 15 is 0 Å². The summed E-state index contributed by atoms with van der Waals surface area (Å²) < 4.78 is 27.8. The second-order valence-corrected chi connectivity index (χ2v) is 8.06.